The quantitative estimate of drug-likeness (QED) is 0.631. The maximum atomic E-state index is 11.6. The van der Waals surface area contributed by atoms with Crippen LogP contribution in [0, 0.1) is 5.92 Å². The maximum absolute atomic E-state index is 11.6. The third-order valence-corrected chi connectivity index (χ3v) is 5.02. The minimum Gasteiger partial charge on any atom is -0.395 e. The van der Waals surface area contributed by atoms with E-state index in [-0.39, 0.29) is 17.8 Å². The van der Waals surface area contributed by atoms with Crippen LogP contribution in [-0.4, -0.2) is 41.2 Å². The van der Waals surface area contributed by atoms with Crippen LogP contribution in [-0.2, 0) is 4.79 Å². The number of nitrogens with two attached hydrogens (primary N) is 1. The van der Waals surface area contributed by atoms with Crippen molar-refractivity contribution in [3.05, 3.63) is 0 Å². The summed E-state index contributed by atoms with van der Waals surface area (Å²) in [6.45, 7) is 2.22. The number of amides is 1. The molecule has 5 heteroatoms. The number of thioether (sulfide) groups is 1. The lowest BCUT2D eigenvalue weighted by Crippen LogP contribution is -2.56. The molecular weight excluding hydrogens is 236 g/mol. The Balaban J connectivity index is 2.49. The fraction of sp³-hybridized carbons (Fsp3) is 0.917. The van der Waals surface area contributed by atoms with E-state index >= 15 is 0 Å². The van der Waals surface area contributed by atoms with Gasteiger partial charge in [-0.05, 0) is 38.0 Å². The predicted molar refractivity (Wildman–Crippen MR) is 71.9 cm³/mol. The van der Waals surface area contributed by atoms with Crippen molar-refractivity contribution in [3.63, 3.8) is 0 Å². The summed E-state index contributed by atoms with van der Waals surface area (Å²) in [5, 5.41) is 12.4. The first-order valence-corrected chi connectivity index (χ1v) is 7.33. The monoisotopic (exact) mass is 260 g/mol. The number of hydrogen-bond acceptors (Lipinski definition) is 4. The Labute approximate surface area is 108 Å². The smallest absolute Gasteiger partial charge is 0.238 e. The van der Waals surface area contributed by atoms with E-state index in [2.05, 4.69) is 5.32 Å². The first kappa shape index (κ1) is 14.8. The number of primary amides is 1. The number of carbonyl (C=O) groups is 1. The Morgan fingerprint density at radius 3 is 2.94 bits per heavy atom. The first-order valence-electron chi connectivity index (χ1n) is 6.28. The van der Waals surface area contributed by atoms with Crippen LogP contribution >= 0.6 is 11.8 Å². The van der Waals surface area contributed by atoms with Gasteiger partial charge in [-0.1, -0.05) is 13.3 Å². The lowest BCUT2D eigenvalue weighted by molar-refractivity contribution is -0.125. The van der Waals surface area contributed by atoms with Gasteiger partial charge in [0.1, 0.15) is 5.54 Å². The van der Waals surface area contributed by atoms with E-state index in [4.69, 9.17) is 10.8 Å². The second-order valence-electron chi connectivity index (χ2n) is 4.83. The zero-order valence-corrected chi connectivity index (χ0v) is 11.6. The third-order valence-electron chi connectivity index (χ3n) is 3.83. The van der Waals surface area contributed by atoms with Crippen LogP contribution in [0.15, 0.2) is 0 Å². The highest BCUT2D eigenvalue weighted by Gasteiger charge is 2.45. The van der Waals surface area contributed by atoms with E-state index in [0.717, 1.165) is 31.4 Å². The molecule has 0 spiro atoms. The van der Waals surface area contributed by atoms with Crippen molar-refractivity contribution in [2.75, 3.05) is 19.4 Å². The second kappa shape index (κ2) is 6.61. The van der Waals surface area contributed by atoms with Gasteiger partial charge in [0.15, 0.2) is 0 Å². The molecule has 3 atom stereocenters. The molecule has 0 aliphatic heterocycles. The highest BCUT2D eigenvalue weighted by atomic mass is 32.2. The lowest BCUT2D eigenvalue weighted by Gasteiger charge is -2.32. The summed E-state index contributed by atoms with van der Waals surface area (Å²) in [6, 6.07) is 0. The topological polar surface area (TPSA) is 75.3 Å². The Hall–Kier alpha value is -0.260. The van der Waals surface area contributed by atoms with Gasteiger partial charge in [-0.3, -0.25) is 4.79 Å². The van der Waals surface area contributed by atoms with E-state index in [0.29, 0.717) is 5.92 Å². The minimum absolute atomic E-state index is 0.211. The Morgan fingerprint density at radius 1 is 1.71 bits per heavy atom. The van der Waals surface area contributed by atoms with Crippen LogP contribution in [0.2, 0.25) is 0 Å². The number of nitrogens with one attached hydrogen (secondary N) is 1. The molecule has 100 valence electrons. The molecule has 1 amide bonds. The van der Waals surface area contributed by atoms with Crippen LogP contribution < -0.4 is 11.1 Å². The fourth-order valence-electron chi connectivity index (χ4n) is 2.71. The highest BCUT2D eigenvalue weighted by molar-refractivity contribution is 7.99. The molecule has 17 heavy (non-hydrogen) atoms. The molecule has 4 N–H and O–H groups in total. The van der Waals surface area contributed by atoms with Crippen molar-refractivity contribution < 1.29 is 9.90 Å². The van der Waals surface area contributed by atoms with Crippen molar-refractivity contribution in [2.45, 2.75) is 43.4 Å². The summed E-state index contributed by atoms with van der Waals surface area (Å²) < 4.78 is 0. The SMILES string of the molecule is CNC1(C(N)=O)CCCC1CCSC(C)CO. The number of hydrogen-bond donors (Lipinski definition) is 3. The lowest BCUT2D eigenvalue weighted by atomic mass is 9.84. The molecule has 1 aliphatic carbocycles. The van der Waals surface area contributed by atoms with Crippen molar-refractivity contribution in [1.82, 2.24) is 5.32 Å². The highest BCUT2D eigenvalue weighted by Crippen LogP contribution is 2.38. The van der Waals surface area contributed by atoms with Gasteiger partial charge in [-0.2, -0.15) is 11.8 Å². The molecule has 1 saturated carbocycles. The summed E-state index contributed by atoms with van der Waals surface area (Å²) >= 11 is 1.76. The average Bonchev–Trinajstić information content (AvgIpc) is 2.73. The number of carbonyl (C=O) groups excluding carboxylic acids is 1. The van der Waals surface area contributed by atoms with Gasteiger partial charge in [0.2, 0.25) is 5.91 Å². The van der Waals surface area contributed by atoms with E-state index in [1.165, 1.54) is 0 Å². The minimum atomic E-state index is -0.497. The maximum Gasteiger partial charge on any atom is 0.238 e. The van der Waals surface area contributed by atoms with Crippen LogP contribution in [0.25, 0.3) is 0 Å². The fourth-order valence-corrected chi connectivity index (χ4v) is 3.64. The molecule has 0 saturated heterocycles. The zero-order valence-electron chi connectivity index (χ0n) is 10.7. The predicted octanol–water partition coefficient (Wildman–Crippen LogP) is 0.734. The summed E-state index contributed by atoms with van der Waals surface area (Å²) in [6.07, 6.45) is 3.97. The van der Waals surface area contributed by atoms with Gasteiger partial charge in [-0.15, -0.1) is 0 Å². The molecule has 1 fully saturated rings. The molecule has 1 aliphatic rings. The number of rotatable bonds is 7. The van der Waals surface area contributed by atoms with E-state index in [1.807, 2.05) is 14.0 Å². The van der Waals surface area contributed by atoms with Crippen molar-refractivity contribution in [3.8, 4) is 0 Å². The van der Waals surface area contributed by atoms with Gasteiger partial charge in [0.05, 0.1) is 6.61 Å². The number of aliphatic hydroxyl groups excluding tert-OH is 1. The van der Waals surface area contributed by atoms with Gasteiger partial charge in [0.25, 0.3) is 0 Å². The largest absolute Gasteiger partial charge is 0.395 e. The average molecular weight is 260 g/mol. The molecular formula is C12H24N2O2S. The van der Waals surface area contributed by atoms with Crippen LogP contribution in [0.3, 0.4) is 0 Å². The molecule has 0 bridgehead atoms. The molecule has 4 nitrogen and oxygen atoms in total. The summed E-state index contributed by atoms with van der Waals surface area (Å²) in [5.41, 5.74) is 5.05. The Kier molecular flexibility index (Phi) is 5.76. The second-order valence-corrected chi connectivity index (χ2v) is 6.37. The summed E-state index contributed by atoms with van der Waals surface area (Å²) in [4.78, 5) is 11.6. The van der Waals surface area contributed by atoms with Crippen LogP contribution in [0.1, 0.15) is 32.6 Å². The molecule has 1 rings (SSSR count). The van der Waals surface area contributed by atoms with Gasteiger partial charge in [0, 0.05) is 5.25 Å². The Bertz CT molecular complexity index is 263. The summed E-state index contributed by atoms with van der Waals surface area (Å²) in [7, 11) is 1.83. The van der Waals surface area contributed by atoms with Gasteiger partial charge < -0.3 is 16.2 Å². The molecule has 0 aromatic heterocycles. The normalized spacial score (nSPS) is 30.4. The zero-order chi connectivity index (χ0) is 12.9. The summed E-state index contributed by atoms with van der Waals surface area (Å²) in [5.74, 6) is 1.09. The molecule has 0 radical (unpaired) electrons. The molecule has 0 aromatic carbocycles. The molecule has 0 heterocycles. The van der Waals surface area contributed by atoms with E-state index in [9.17, 15) is 4.79 Å². The van der Waals surface area contributed by atoms with Crippen molar-refractivity contribution in [2.24, 2.45) is 11.7 Å². The van der Waals surface area contributed by atoms with Gasteiger partial charge >= 0.3 is 0 Å². The van der Waals surface area contributed by atoms with E-state index in [1.54, 1.807) is 11.8 Å². The van der Waals surface area contributed by atoms with Crippen LogP contribution in [0.5, 0.6) is 0 Å². The standard InChI is InChI=1S/C12H24N2O2S/c1-9(8-15)17-7-5-10-4-3-6-12(10,14-2)11(13)16/h9-10,14-15H,3-8H2,1-2H3,(H2,13,16). The third kappa shape index (κ3) is 3.36. The number of likely N-dealkylation sites (N-methyl/N-ethyl adjacent to an activating group) is 1. The first-order chi connectivity index (χ1) is 8.06. The van der Waals surface area contributed by atoms with Crippen LogP contribution in [0.4, 0.5) is 0 Å². The molecule has 3 unspecified atom stereocenters. The number of aliphatic hydroxyl groups is 1. The van der Waals surface area contributed by atoms with E-state index < -0.39 is 5.54 Å². The van der Waals surface area contributed by atoms with Crippen molar-refractivity contribution >= 4 is 17.7 Å². The van der Waals surface area contributed by atoms with Crippen molar-refractivity contribution in [1.29, 1.82) is 0 Å². The Morgan fingerprint density at radius 2 is 2.41 bits per heavy atom. The van der Waals surface area contributed by atoms with Gasteiger partial charge in [-0.25, -0.2) is 0 Å². The molecule has 0 aromatic rings.